The molecule has 1 heterocycles. The summed E-state index contributed by atoms with van der Waals surface area (Å²) in [7, 11) is 0. The van der Waals surface area contributed by atoms with Crippen LogP contribution in [0.3, 0.4) is 0 Å². The van der Waals surface area contributed by atoms with Crippen LogP contribution in [0.1, 0.15) is 12.1 Å². The molecule has 1 aromatic rings. The molecule has 0 aliphatic heterocycles. The van der Waals surface area contributed by atoms with Crippen molar-refractivity contribution in [3.8, 4) is 18.4 Å². The number of terminal acetylenes is 1. The molecule has 20 heavy (non-hydrogen) atoms. The Kier molecular flexibility index (Phi) is 8.30. The van der Waals surface area contributed by atoms with E-state index in [1.165, 1.54) is 0 Å². The van der Waals surface area contributed by atoms with Gasteiger partial charge in [-0.2, -0.15) is 17.0 Å². The van der Waals surface area contributed by atoms with Gasteiger partial charge in [-0.1, -0.05) is 17.5 Å². The predicted molar refractivity (Wildman–Crippen MR) is 84.8 cm³/mol. The molecule has 0 bridgehead atoms. The fraction of sp³-hybridized carbons (Fsp3) is 0.357. The third-order valence-corrected chi connectivity index (χ3v) is 3.55. The maximum atomic E-state index is 8.67. The molecule has 0 radical (unpaired) electrons. The van der Waals surface area contributed by atoms with Gasteiger partial charge < -0.3 is 5.32 Å². The Morgan fingerprint density at radius 3 is 3.15 bits per heavy atom. The summed E-state index contributed by atoms with van der Waals surface area (Å²) < 4.78 is 0. The van der Waals surface area contributed by atoms with Crippen molar-refractivity contribution < 1.29 is 0 Å². The monoisotopic (exact) mass is 306 g/mol. The Balaban J connectivity index is 2.31. The average Bonchev–Trinajstić information content (AvgIpc) is 2.46. The van der Waals surface area contributed by atoms with E-state index in [0.717, 1.165) is 17.2 Å². The van der Waals surface area contributed by atoms with Gasteiger partial charge in [-0.15, -0.1) is 6.42 Å². The largest absolute Gasteiger partial charge is 0.362 e. The quantitative estimate of drug-likeness (QED) is 0.364. The van der Waals surface area contributed by atoms with Crippen LogP contribution in [0.4, 0.5) is 0 Å². The second kappa shape index (κ2) is 10.1. The molecule has 1 N–H and O–H groups in total. The molecule has 1 aromatic heterocycles. The zero-order valence-electron chi connectivity index (χ0n) is 11.0. The first-order valence-electron chi connectivity index (χ1n) is 6.02. The first-order valence-corrected chi connectivity index (χ1v) is 7.56. The SMILES string of the molecule is C#CCNC(CC#N)=NCCSCc1ncccc1Cl. The first kappa shape index (κ1) is 16.4. The highest BCUT2D eigenvalue weighted by Crippen LogP contribution is 2.18. The normalized spacial score (nSPS) is 10.7. The summed E-state index contributed by atoms with van der Waals surface area (Å²) in [5.74, 6) is 4.68. The minimum absolute atomic E-state index is 0.248. The van der Waals surface area contributed by atoms with Gasteiger partial charge in [0, 0.05) is 17.7 Å². The molecular formula is C14H15ClN4S. The van der Waals surface area contributed by atoms with E-state index in [4.69, 9.17) is 23.3 Å². The second-order valence-corrected chi connectivity index (χ2v) is 5.22. The lowest BCUT2D eigenvalue weighted by atomic mass is 10.4. The molecular weight excluding hydrogens is 292 g/mol. The zero-order valence-corrected chi connectivity index (χ0v) is 12.5. The van der Waals surface area contributed by atoms with Gasteiger partial charge in [-0.3, -0.25) is 9.98 Å². The summed E-state index contributed by atoms with van der Waals surface area (Å²) in [6.07, 6.45) is 7.13. The maximum Gasteiger partial charge on any atom is 0.111 e. The first-order chi connectivity index (χ1) is 9.77. The van der Waals surface area contributed by atoms with E-state index in [1.54, 1.807) is 18.0 Å². The van der Waals surface area contributed by atoms with E-state index >= 15 is 0 Å². The van der Waals surface area contributed by atoms with Crippen molar-refractivity contribution in [3.05, 3.63) is 29.0 Å². The summed E-state index contributed by atoms with van der Waals surface area (Å²) in [6, 6.07) is 5.70. The number of aliphatic imine (C=N–C) groups is 1. The van der Waals surface area contributed by atoms with Gasteiger partial charge >= 0.3 is 0 Å². The fourth-order valence-electron chi connectivity index (χ4n) is 1.34. The molecule has 4 nitrogen and oxygen atoms in total. The summed E-state index contributed by atoms with van der Waals surface area (Å²) >= 11 is 7.72. The number of hydrogen-bond acceptors (Lipinski definition) is 4. The molecule has 1 rings (SSSR count). The van der Waals surface area contributed by atoms with Gasteiger partial charge in [0.2, 0.25) is 0 Å². The van der Waals surface area contributed by atoms with E-state index in [2.05, 4.69) is 27.3 Å². The van der Waals surface area contributed by atoms with Gasteiger partial charge in [-0.25, -0.2) is 0 Å². The second-order valence-electron chi connectivity index (χ2n) is 3.71. The molecule has 0 spiro atoms. The topological polar surface area (TPSA) is 61.1 Å². The highest BCUT2D eigenvalue weighted by Gasteiger charge is 2.01. The molecule has 0 saturated heterocycles. The molecule has 0 aliphatic carbocycles. The molecule has 0 amide bonds. The van der Waals surface area contributed by atoms with Crippen molar-refractivity contribution in [2.75, 3.05) is 18.8 Å². The Morgan fingerprint density at radius 1 is 1.60 bits per heavy atom. The summed E-state index contributed by atoms with van der Waals surface area (Å²) in [4.78, 5) is 8.53. The third kappa shape index (κ3) is 6.47. The van der Waals surface area contributed by atoms with Crippen molar-refractivity contribution in [1.29, 1.82) is 5.26 Å². The molecule has 0 aliphatic rings. The molecule has 0 fully saturated rings. The highest BCUT2D eigenvalue weighted by molar-refractivity contribution is 7.98. The van der Waals surface area contributed by atoms with Crippen LogP contribution in [0, 0.1) is 23.7 Å². The number of pyridine rings is 1. The maximum absolute atomic E-state index is 8.67. The van der Waals surface area contributed by atoms with Crippen molar-refractivity contribution in [3.63, 3.8) is 0 Å². The number of nitrogens with one attached hydrogen (secondary N) is 1. The van der Waals surface area contributed by atoms with Gasteiger partial charge in [-0.05, 0) is 12.1 Å². The molecule has 104 valence electrons. The lowest BCUT2D eigenvalue weighted by Gasteiger charge is -2.04. The van der Waals surface area contributed by atoms with E-state index in [9.17, 15) is 0 Å². The van der Waals surface area contributed by atoms with E-state index in [1.807, 2.05) is 12.1 Å². The number of hydrogen-bond donors (Lipinski definition) is 1. The van der Waals surface area contributed by atoms with Gasteiger partial charge in [0.1, 0.15) is 5.84 Å². The fourth-order valence-corrected chi connectivity index (χ4v) is 2.40. The van der Waals surface area contributed by atoms with Crippen LogP contribution in [0.25, 0.3) is 0 Å². The minimum Gasteiger partial charge on any atom is -0.362 e. The molecule has 0 atom stereocenters. The van der Waals surface area contributed by atoms with Gasteiger partial charge in [0.25, 0.3) is 0 Å². The van der Waals surface area contributed by atoms with Crippen molar-refractivity contribution in [2.24, 2.45) is 4.99 Å². The van der Waals surface area contributed by atoms with Crippen LogP contribution in [0.15, 0.2) is 23.3 Å². The number of rotatable bonds is 7. The van der Waals surface area contributed by atoms with Crippen molar-refractivity contribution in [1.82, 2.24) is 10.3 Å². The summed E-state index contributed by atoms with van der Waals surface area (Å²) in [5.41, 5.74) is 0.880. The number of nitrogens with zero attached hydrogens (tertiary/aromatic N) is 3. The Bertz CT molecular complexity index is 531. The number of halogens is 1. The van der Waals surface area contributed by atoms with E-state index in [0.29, 0.717) is 23.9 Å². The van der Waals surface area contributed by atoms with E-state index in [-0.39, 0.29) is 6.42 Å². The van der Waals surface area contributed by atoms with Crippen molar-refractivity contribution in [2.45, 2.75) is 12.2 Å². The van der Waals surface area contributed by atoms with Gasteiger partial charge in [0.05, 0.1) is 36.3 Å². The van der Waals surface area contributed by atoms with Crippen LogP contribution in [-0.2, 0) is 5.75 Å². The Hall–Kier alpha value is -1.69. The molecule has 0 unspecified atom stereocenters. The molecule has 0 aromatic carbocycles. The van der Waals surface area contributed by atoms with Crippen molar-refractivity contribution >= 4 is 29.2 Å². The summed E-state index contributed by atoms with van der Waals surface area (Å²) in [5, 5.41) is 12.3. The summed E-state index contributed by atoms with van der Waals surface area (Å²) in [6.45, 7) is 1.01. The van der Waals surface area contributed by atoms with Crippen LogP contribution in [0.2, 0.25) is 5.02 Å². The van der Waals surface area contributed by atoms with Crippen LogP contribution < -0.4 is 5.32 Å². The Morgan fingerprint density at radius 2 is 2.45 bits per heavy atom. The lowest BCUT2D eigenvalue weighted by Crippen LogP contribution is -2.23. The average molecular weight is 307 g/mol. The lowest BCUT2D eigenvalue weighted by molar-refractivity contribution is 0.997. The third-order valence-electron chi connectivity index (χ3n) is 2.25. The number of thioether (sulfide) groups is 1. The van der Waals surface area contributed by atoms with E-state index < -0.39 is 0 Å². The smallest absolute Gasteiger partial charge is 0.111 e. The zero-order chi connectivity index (χ0) is 14.6. The van der Waals surface area contributed by atoms with Gasteiger partial charge in [0.15, 0.2) is 0 Å². The predicted octanol–water partition coefficient (Wildman–Crippen LogP) is 2.50. The van der Waals surface area contributed by atoms with Crippen LogP contribution >= 0.6 is 23.4 Å². The highest BCUT2D eigenvalue weighted by atomic mass is 35.5. The number of amidine groups is 1. The Labute approximate surface area is 128 Å². The minimum atomic E-state index is 0.248. The van der Waals surface area contributed by atoms with Crippen LogP contribution in [0.5, 0.6) is 0 Å². The number of aromatic nitrogens is 1. The standard InChI is InChI=1S/C14H15ClN4S/c1-2-7-18-14(5-6-16)19-9-10-20-11-13-12(15)4-3-8-17-13/h1,3-4,8H,5,7,9-11H2,(H,18,19). The molecule has 6 heteroatoms. The van der Waals surface area contributed by atoms with Crippen LogP contribution in [-0.4, -0.2) is 29.7 Å². The molecule has 0 saturated carbocycles. The number of nitriles is 1.